The zero-order chi connectivity index (χ0) is 43.6. The number of carbonyl (C=O) groups is 3. The van der Waals surface area contributed by atoms with Crippen molar-refractivity contribution in [2.75, 3.05) is 16.0 Å². The third-order valence-electron chi connectivity index (χ3n) is 12.8. The van der Waals surface area contributed by atoms with Crippen LogP contribution in [0.3, 0.4) is 0 Å². The molecule has 0 aliphatic carbocycles. The molecule has 7 rings (SSSR count). The molecular formula is C45H54B3N3O9. The first-order valence-electron chi connectivity index (χ1n) is 20.3. The van der Waals surface area contributed by atoms with Gasteiger partial charge in [-0.05, 0) is 154 Å². The van der Waals surface area contributed by atoms with E-state index < -0.39 is 72.7 Å². The zero-order valence-corrected chi connectivity index (χ0v) is 36.6. The minimum Gasteiger partial charge on any atom is -0.399 e. The smallest absolute Gasteiger partial charge is 0.399 e. The quantitative estimate of drug-likeness (QED) is 0.165. The minimum absolute atomic E-state index is 0.107. The van der Waals surface area contributed by atoms with Gasteiger partial charge in [0.2, 0.25) is 0 Å². The van der Waals surface area contributed by atoms with Crippen molar-refractivity contribution < 1.29 is 42.3 Å². The Labute approximate surface area is 354 Å². The number of hydrogen-bond acceptors (Lipinski definition) is 9. The molecule has 3 fully saturated rings. The number of anilines is 3. The Morgan fingerprint density at radius 3 is 0.717 bits per heavy atom. The van der Waals surface area contributed by atoms with Crippen molar-refractivity contribution >= 4 is 72.5 Å². The second-order valence-electron chi connectivity index (χ2n) is 18.8. The largest absolute Gasteiger partial charge is 0.494 e. The lowest BCUT2D eigenvalue weighted by Crippen LogP contribution is -2.41. The summed E-state index contributed by atoms with van der Waals surface area (Å²) in [4.78, 5) is 41.5. The van der Waals surface area contributed by atoms with Crippen LogP contribution in [-0.2, 0) is 27.9 Å². The molecule has 0 bridgehead atoms. The molecular weight excluding hydrogens is 759 g/mol. The van der Waals surface area contributed by atoms with Gasteiger partial charge in [-0.1, -0.05) is 36.4 Å². The van der Waals surface area contributed by atoms with E-state index in [2.05, 4.69) is 16.0 Å². The maximum atomic E-state index is 13.8. The van der Waals surface area contributed by atoms with Crippen molar-refractivity contribution in [1.82, 2.24) is 0 Å². The van der Waals surface area contributed by atoms with Crippen LogP contribution in [0.25, 0.3) is 0 Å². The van der Waals surface area contributed by atoms with Crippen LogP contribution in [0, 0.1) is 0 Å². The molecule has 3 heterocycles. The lowest BCUT2D eigenvalue weighted by molar-refractivity contribution is 0.00578. The molecule has 3 N–H and O–H groups in total. The summed E-state index contributed by atoms with van der Waals surface area (Å²) in [6.07, 6.45) is 0. The molecule has 4 aromatic rings. The monoisotopic (exact) mass is 813 g/mol. The van der Waals surface area contributed by atoms with Gasteiger partial charge in [0.25, 0.3) is 17.7 Å². The summed E-state index contributed by atoms with van der Waals surface area (Å²) in [5.74, 6) is -1.54. The molecule has 0 aromatic heterocycles. The normalized spacial score (nSPS) is 20.5. The van der Waals surface area contributed by atoms with Crippen LogP contribution in [0.15, 0.2) is 91.0 Å². The van der Waals surface area contributed by atoms with Crippen LogP contribution < -0.4 is 32.3 Å². The van der Waals surface area contributed by atoms with E-state index in [0.29, 0.717) is 17.1 Å². The molecule has 0 spiro atoms. The first-order chi connectivity index (χ1) is 27.9. The van der Waals surface area contributed by atoms with Gasteiger partial charge in [-0.15, -0.1) is 0 Å². The van der Waals surface area contributed by atoms with Crippen molar-refractivity contribution in [2.45, 2.75) is 117 Å². The summed E-state index contributed by atoms with van der Waals surface area (Å²) >= 11 is 0. The molecule has 60 heavy (non-hydrogen) atoms. The van der Waals surface area contributed by atoms with Crippen LogP contribution in [0.2, 0.25) is 0 Å². The number of rotatable bonds is 9. The van der Waals surface area contributed by atoms with Crippen molar-refractivity contribution in [3.05, 3.63) is 108 Å². The first kappa shape index (κ1) is 43.3. The van der Waals surface area contributed by atoms with Crippen molar-refractivity contribution in [3.63, 3.8) is 0 Å². The van der Waals surface area contributed by atoms with Gasteiger partial charge in [-0.25, -0.2) is 0 Å². The minimum atomic E-state index is -0.559. The fourth-order valence-electron chi connectivity index (χ4n) is 6.74. The fourth-order valence-corrected chi connectivity index (χ4v) is 6.74. The summed E-state index contributed by atoms with van der Waals surface area (Å²) in [5, 5.41) is 8.69. The average Bonchev–Trinajstić information content (AvgIpc) is 3.64. The van der Waals surface area contributed by atoms with Gasteiger partial charge < -0.3 is 43.9 Å². The maximum Gasteiger partial charge on any atom is 0.494 e. The SMILES string of the molecule is CC1(C)OB(c2ccc(NC(=O)c3cc(C(=O)Nc4ccc(B5OC(C)(C)C(C)(C)O5)cc4)cc(C(=O)Nc4ccc(B5OC(C)(C)C(C)(C)O5)cc4)c3)cc2)OC1(C)C. The highest BCUT2D eigenvalue weighted by Crippen LogP contribution is 2.38. The van der Waals surface area contributed by atoms with Crippen molar-refractivity contribution in [2.24, 2.45) is 0 Å². The predicted octanol–water partition coefficient (Wildman–Crippen LogP) is 6.34. The second kappa shape index (κ2) is 15.3. The van der Waals surface area contributed by atoms with Gasteiger partial charge in [0, 0.05) is 33.8 Å². The highest BCUT2D eigenvalue weighted by atomic mass is 16.7. The molecule has 3 aliphatic rings. The van der Waals surface area contributed by atoms with E-state index in [1.165, 1.54) is 18.2 Å². The molecule has 4 aromatic carbocycles. The third kappa shape index (κ3) is 8.57. The van der Waals surface area contributed by atoms with E-state index in [-0.39, 0.29) is 16.7 Å². The van der Waals surface area contributed by atoms with Gasteiger partial charge in [-0.2, -0.15) is 0 Å². The van der Waals surface area contributed by atoms with Crippen LogP contribution in [0.5, 0.6) is 0 Å². The molecule has 15 heteroatoms. The average molecular weight is 813 g/mol. The van der Waals surface area contributed by atoms with E-state index >= 15 is 0 Å². The molecule has 3 saturated heterocycles. The molecule has 3 aliphatic heterocycles. The van der Waals surface area contributed by atoms with Gasteiger partial charge in [0.15, 0.2) is 0 Å². The highest BCUT2D eigenvalue weighted by Gasteiger charge is 2.53. The van der Waals surface area contributed by atoms with Gasteiger partial charge in [0.05, 0.1) is 33.6 Å². The molecule has 0 atom stereocenters. The van der Waals surface area contributed by atoms with E-state index in [0.717, 1.165) is 16.4 Å². The first-order valence-corrected chi connectivity index (χ1v) is 20.3. The van der Waals surface area contributed by atoms with E-state index in [9.17, 15) is 14.4 Å². The highest BCUT2D eigenvalue weighted by molar-refractivity contribution is 6.63. The third-order valence-corrected chi connectivity index (χ3v) is 12.8. The Balaban J connectivity index is 1.10. The second-order valence-corrected chi connectivity index (χ2v) is 18.8. The van der Waals surface area contributed by atoms with E-state index in [1.54, 1.807) is 36.4 Å². The Hall–Kier alpha value is -4.76. The fraction of sp³-hybridized carbons (Fsp3) is 0.400. The number of nitrogens with one attached hydrogen (secondary N) is 3. The summed E-state index contributed by atoms with van der Waals surface area (Å²) in [6, 6.07) is 25.9. The molecule has 0 saturated carbocycles. The lowest BCUT2D eigenvalue weighted by atomic mass is 9.79. The van der Waals surface area contributed by atoms with Crippen LogP contribution in [0.4, 0.5) is 17.1 Å². The van der Waals surface area contributed by atoms with Gasteiger partial charge in [0.1, 0.15) is 0 Å². The van der Waals surface area contributed by atoms with Crippen LogP contribution in [-0.4, -0.2) is 72.7 Å². The van der Waals surface area contributed by atoms with Crippen molar-refractivity contribution in [3.8, 4) is 0 Å². The summed E-state index contributed by atoms with van der Waals surface area (Å²) < 4.78 is 37.1. The maximum absolute atomic E-state index is 13.8. The van der Waals surface area contributed by atoms with Crippen LogP contribution in [0.1, 0.15) is 114 Å². The number of benzene rings is 4. The summed E-state index contributed by atoms with van der Waals surface area (Å²) in [7, 11) is -1.68. The Bertz CT molecular complexity index is 1980. The van der Waals surface area contributed by atoms with Crippen molar-refractivity contribution in [1.29, 1.82) is 0 Å². The van der Waals surface area contributed by atoms with Crippen LogP contribution >= 0.6 is 0 Å². The molecule has 0 unspecified atom stereocenters. The number of amides is 3. The Morgan fingerprint density at radius 1 is 0.350 bits per heavy atom. The molecule has 12 nitrogen and oxygen atoms in total. The van der Waals surface area contributed by atoms with E-state index in [1.807, 2.05) is 119 Å². The van der Waals surface area contributed by atoms with E-state index in [4.69, 9.17) is 27.9 Å². The topological polar surface area (TPSA) is 143 Å². The Morgan fingerprint density at radius 2 is 0.533 bits per heavy atom. The Kier molecular flexibility index (Phi) is 11.1. The molecule has 3 amide bonds. The van der Waals surface area contributed by atoms with Gasteiger partial charge in [-0.3, -0.25) is 14.4 Å². The lowest BCUT2D eigenvalue weighted by Gasteiger charge is -2.32. The predicted molar refractivity (Wildman–Crippen MR) is 237 cm³/mol. The zero-order valence-electron chi connectivity index (χ0n) is 36.6. The number of carbonyl (C=O) groups excluding carboxylic acids is 3. The standard InChI is InChI=1S/C45H54B3N3O9/c1-40(2)41(3,4)56-46(55-40)31-13-19-34(20-14-31)49-37(52)28-25-29(38(53)50-35-21-15-32(16-22-35)47-57-42(5,6)43(7,8)58-47)27-30(26-28)39(54)51-36-23-17-33(18-24-36)48-59-44(9,10)45(11,12)60-48/h13-27H,1-12H3,(H,49,52)(H,50,53)(H,51,54). The molecule has 0 radical (unpaired) electrons. The van der Waals surface area contributed by atoms with Gasteiger partial charge >= 0.3 is 21.4 Å². The number of hydrogen-bond donors (Lipinski definition) is 3. The summed E-state index contributed by atoms with van der Waals surface area (Å²) in [6.45, 7) is 23.9. The molecule has 312 valence electrons. The summed E-state index contributed by atoms with van der Waals surface area (Å²) in [5.41, 5.74) is 1.25.